The highest BCUT2D eigenvalue weighted by Crippen LogP contribution is 2.25. The van der Waals surface area contributed by atoms with Crippen LogP contribution in [-0.2, 0) is 9.53 Å². The molecule has 0 bridgehead atoms. The number of carbonyl (C=O) groups excluding carboxylic acids is 1. The summed E-state index contributed by atoms with van der Waals surface area (Å²) in [4.78, 5) is 11.4. The molecular formula is C12H21NO2. The Morgan fingerprint density at radius 3 is 3.00 bits per heavy atom. The van der Waals surface area contributed by atoms with Crippen LogP contribution in [0.3, 0.4) is 0 Å². The molecule has 0 spiro atoms. The van der Waals surface area contributed by atoms with Gasteiger partial charge in [-0.05, 0) is 44.4 Å². The van der Waals surface area contributed by atoms with Gasteiger partial charge in [-0.1, -0.05) is 0 Å². The highest BCUT2D eigenvalue weighted by Gasteiger charge is 2.23. The lowest BCUT2D eigenvalue weighted by Gasteiger charge is -2.25. The van der Waals surface area contributed by atoms with Gasteiger partial charge in [0.05, 0.1) is 6.10 Å². The molecular weight excluding hydrogens is 190 g/mol. The summed E-state index contributed by atoms with van der Waals surface area (Å²) in [6, 6.07) is 0. The first-order valence-corrected chi connectivity index (χ1v) is 6.23. The molecule has 15 heavy (non-hydrogen) atoms. The molecule has 0 aromatic carbocycles. The van der Waals surface area contributed by atoms with Gasteiger partial charge in [0, 0.05) is 19.6 Å². The van der Waals surface area contributed by atoms with Crippen molar-refractivity contribution in [2.24, 2.45) is 5.92 Å². The summed E-state index contributed by atoms with van der Waals surface area (Å²) in [5.41, 5.74) is 0. The van der Waals surface area contributed by atoms with Crippen LogP contribution >= 0.6 is 0 Å². The third kappa shape index (κ3) is 3.49. The minimum Gasteiger partial charge on any atom is -0.378 e. The van der Waals surface area contributed by atoms with Gasteiger partial charge in [-0.25, -0.2) is 0 Å². The van der Waals surface area contributed by atoms with Crippen LogP contribution in [0.2, 0.25) is 0 Å². The largest absolute Gasteiger partial charge is 0.378 e. The van der Waals surface area contributed by atoms with Gasteiger partial charge in [0.25, 0.3) is 0 Å². The SMILES string of the molecule is O=C1CC(CC2CCCCO2)CCCN1. The van der Waals surface area contributed by atoms with Crippen molar-refractivity contribution in [3.63, 3.8) is 0 Å². The Hall–Kier alpha value is -0.570. The van der Waals surface area contributed by atoms with Crippen LogP contribution in [0, 0.1) is 5.92 Å². The molecule has 0 saturated carbocycles. The first-order chi connectivity index (χ1) is 7.34. The Morgan fingerprint density at radius 2 is 2.20 bits per heavy atom. The van der Waals surface area contributed by atoms with Crippen molar-refractivity contribution in [3.8, 4) is 0 Å². The van der Waals surface area contributed by atoms with Crippen LogP contribution < -0.4 is 5.32 Å². The van der Waals surface area contributed by atoms with Crippen molar-refractivity contribution < 1.29 is 9.53 Å². The fourth-order valence-corrected chi connectivity index (χ4v) is 2.62. The summed E-state index contributed by atoms with van der Waals surface area (Å²) in [6.45, 7) is 1.78. The average Bonchev–Trinajstić information content (AvgIpc) is 2.44. The number of hydrogen-bond acceptors (Lipinski definition) is 2. The smallest absolute Gasteiger partial charge is 0.220 e. The summed E-state index contributed by atoms with van der Waals surface area (Å²) >= 11 is 0. The molecule has 0 radical (unpaired) electrons. The number of nitrogens with one attached hydrogen (secondary N) is 1. The van der Waals surface area contributed by atoms with Crippen LogP contribution in [0.1, 0.15) is 44.9 Å². The molecule has 86 valence electrons. The second kappa shape index (κ2) is 5.50. The van der Waals surface area contributed by atoms with Crippen LogP contribution in [-0.4, -0.2) is 25.2 Å². The standard InChI is InChI=1S/C12H21NO2/c14-12-9-10(4-3-6-13-12)8-11-5-1-2-7-15-11/h10-11H,1-9H2,(H,13,14). The van der Waals surface area contributed by atoms with E-state index < -0.39 is 0 Å². The third-order valence-electron chi connectivity index (χ3n) is 3.46. The second-order valence-corrected chi connectivity index (χ2v) is 4.79. The normalized spacial score (nSPS) is 33.2. The van der Waals surface area contributed by atoms with E-state index in [4.69, 9.17) is 4.74 Å². The molecule has 2 aliphatic heterocycles. The Morgan fingerprint density at radius 1 is 1.27 bits per heavy atom. The predicted octanol–water partition coefficient (Wildman–Crippen LogP) is 1.86. The summed E-state index contributed by atoms with van der Waals surface area (Å²) in [5, 5.41) is 2.93. The van der Waals surface area contributed by atoms with Crippen molar-refractivity contribution >= 4 is 5.91 Å². The molecule has 2 rings (SSSR count). The molecule has 2 saturated heterocycles. The second-order valence-electron chi connectivity index (χ2n) is 4.79. The molecule has 0 aliphatic carbocycles. The van der Waals surface area contributed by atoms with E-state index in [0.717, 1.165) is 26.0 Å². The quantitative estimate of drug-likeness (QED) is 0.757. The molecule has 1 amide bonds. The number of rotatable bonds is 2. The zero-order valence-corrected chi connectivity index (χ0v) is 9.34. The lowest BCUT2D eigenvalue weighted by Crippen LogP contribution is -2.25. The van der Waals surface area contributed by atoms with E-state index >= 15 is 0 Å². The van der Waals surface area contributed by atoms with Gasteiger partial charge < -0.3 is 10.1 Å². The van der Waals surface area contributed by atoms with E-state index in [-0.39, 0.29) is 5.91 Å². The Labute approximate surface area is 91.6 Å². The molecule has 2 unspecified atom stereocenters. The van der Waals surface area contributed by atoms with Gasteiger partial charge >= 0.3 is 0 Å². The lowest BCUT2D eigenvalue weighted by molar-refractivity contribution is -0.121. The summed E-state index contributed by atoms with van der Waals surface area (Å²) in [7, 11) is 0. The minimum atomic E-state index is 0.230. The van der Waals surface area contributed by atoms with E-state index in [1.807, 2.05) is 0 Å². The minimum absolute atomic E-state index is 0.230. The fraction of sp³-hybridized carbons (Fsp3) is 0.917. The number of amides is 1. The van der Waals surface area contributed by atoms with Gasteiger partial charge in [-0.3, -0.25) is 4.79 Å². The van der Waals surface area contributed by atoms with Gasteiger partial charge in [-0.15, -0.1) is 0 Å². The number of ether oxygens (including phenoxy) is 1. The highest BCUT2D eigenvalue weighted by atomic mass is 16.5. The van der Waals surface area contributed by atoms with Gasteiger partial charge in [0.2, 0.25) is 5.91 Å². The topological polar surface area (TPSA) is 38.3 Å². The Balaban J connectivity index is 1.78. The lowest BCUT2D eigenvalue weighted by atomic mass is 9.91. The zero-order chi connectivity index (χ0) is 10.5. The van der Waals surface area contributed by atoms with E-state index in [2.05, 4.69) is 5.32 Å². The molecule has 0 aromatic rings. The van der Waals surface area contributed by atoms with Gasteiger partial charge in [0.15, 0.2) is 0 Å². The summed E-state index contributed by atoms with van der Waals surface area (Å²) in [6.07, 6.45) is 8.23. The van der Waals surface area contributed by atoms with E-state index in [1.54, 1.807) is 0 Å². The third-order valence-corrected chi connectivity index (χ3v) is 3.46. The van der Waals surface area contributed by atoms with Crippen LogP contribution in [0.25, 0.3) is 0 Å². The van der Waals surface area contributed by atoms with Gasteiger partial charge in [0.1, 0.15) is 0 Å². The number of hydrogen-bond donors (Lipinski definition) is 1. The van der Waals surface area contributed by atoms with Crippen LogP contribution in [0.5, 0.6) is 0 Å². The molecule has 3 heteroatoms. The molecule has 0 aromatic heterocycles. The first kappa shape index (κ1) is 10.9. The molecule has 2 fully saturated rings. The molecule has 3 nitrogen and oxygen atoms in total. The Bertz CT molecular complexity index is 212. The monoisotopic (exact) mass is 211 g/mol. The highest BCUT2D eigenvalue weighted by molar-refractivity contribution is 5.76. The zero-order valence-electron chi connectivity index (χ0n) is 9.34. The van der Waals surface area contributed by atoms with E-state index in [1.165, 1.54) is 25.7 Å². The summed E-state index contributed by atoms with van der Waals surface area (Å²) in [5.74, 6) is 0.781. The molecule has 1 N–H and O–H groups in total. The predicted molar refractivity (Wildman–Crippen MR) is 58.6 cm³/mol. The maximum absolute atomic E-state index is 11.4. The average molecular weight is 211 g/mol. The van der Waals surface area contributed by atoms with Crippen LogP contribution in [0.15, 0.2) is 0 Å². The van der Waals surface area contributed by atoms with Crippen molar-refractivity contribution in [3.05, 3.63) is 0 Å². The van der Waals surface area contributed by atoms with E-state index in [0.29, 0.717) is 18.4 Å². The van der Waals surface area contributed by atoms with Crippen molar-refractivity contribution in [1.29, 1.82) is 0 Å². The van der Waals surface area contributed by atoms with Crippen molar-refractivity contribution in [2.45, 2.75) is 51.0 Å². The maximum Gasteiger partial charge on any atom is 0.220 e. The molecule has 2 heterocycles. The number of carbonyl (C=O) groups is 1. The van der Waals surface area contributed by atoms with Crippen LogP contribution in [0.4, 0.5) is 0 Å². The van der Waals surface area contributed by atoms with E-state index in [9.17, 15) is 4.79 Å². The van der Waals surface area contributed by atoms with Crippen molar-refractivity contribution in [1.82, 2.24) is 5.32 Å². The van der Waals surface area contributed by atoms with Crippen molar-refractivity contribution in [2.75, 3.05) is 13.2 Å². The summed E-state index contributed by atoms with van der Waals surface area (Å²) < 4.78 is 5.73. The fourth-order valence-electron chi connectivity index (χ4n) is 2.62. The van der Waals surface area contributed by atoms with Gasteiger partial charge in [-0.2, -0.15) is 0 Å². The molecule has 2 atom stereocenters. The first-order valence-electron chi connectivity index (χ1n) is 6.23. The maximum atomic E-state index is 11.4. The Kier molecular flexibility index (Phi) is 4.01. The molecule has 2 aliphatic rings.